The van der Waals surface area contributed by atoms with Crippen molar-refractivity contribution in [2.24, 2.45) is 0 Å². The molecule has 0 spiro atoms. The zero-order valence-corrected chi connectivity index (χ0v) is 16.9. The lowest BCUT2D eigenvalue weighted by molar-refractivity contribution is -0.118. The van der Waals surface area contributed by atoms with E-state index < -0.39 is 0 Å². The second-order valence-electron chi connectivity index (χ2n) is 7.53. The summed E-state index contributed by atoms with van der Waals surface area (Å²) in [4.78, 5) is 12.4. The summed E-state index contributed by atoms with van der Waals surface area (Å²) in [6, 6.07) is 13.7. The predicted octanol–water partition coefficient (Wildman–Crippen LogP) is 4.31. The van der Waals surface area contributed by atoms with Gasteiger partial charge in [-0.1, -0.05) is 36.8 Å². The number of amides is 1. The molecule has 29 heavy (non-hydrogen) atoms. The minimum absolute atomic E-state index is 0.0465. The third-order valence-corrected chi connectivity index (χ3v) is 5.32. The summed E-state index contributed by atoms with van der Waals surface area (Å²) in [5, 5.41) is 11.7. The lowest BCUT2D eigenvalue weighted by atomic mass is 10.1. The molecular weight excluding hydrogens is 364 g/mol. The maximum atomic E-state index is 12.4. The van der Waals surface area contributed by atoms with Crippen LogP contribution in [0.1, 0.15) is 36.2 Å². The van der Waals surface area contributed by atoms with Crippen LogP contribution in [0.5, 0.6) is 5.75 Å². The second-order valence-corrected chi connectivity index (χ2v) is 7.53. The number of nitrogens with one attached hydrogen (secondary N) is 1. The van der Waals surface area contributed by atoms with Crippen molar-refractivity contribution in [1.82, 2.24) is 14.8 Å². The van der Waals surface area contributed by atoms with Crippen LogP contribution in [-0.4, -0.2) is 27.3 Å². The molecule has 0 bridgehead atoms. The van der Waals surface area contributed by atoms with E-state index in [0.29, 0.717) is 5.75 Å². The minimum atomic E-state index is -0.177. The normalized spacial score (nSPS) is 13.4. The molecule has 6 heteroatoms. The van der Waals surface area contributed by atoms with Gasteiger partial charge in [0.05, 0.1) is 0 Å². The molecule has 0 atom stereocenters. The third-order valence-electron chi connectivity index (χ3n) is 5.32. The molecule has 2 heterocycles. The molecule has 1 aromatic heterocycles. The van der Waals surface area contributed by atoms with E-state index >= 15 is 0 Å². The van der Waals surface area contributed by atoms with Crippen LogP contribution >= 0.6 is 0 Å². The summed E-state index contributed by atoms with van der Waals surface area (Å²) in [5.41, 5.74) is 3.88. The molecule has 1 aliphatic rings. The molecule has 0 saturated carbocycles. The van der Waals surface area contributed by atoms with Gasteiger partial charge in [-0.05, 0) is 49.9 Å². The van der Waals surface area contributed by atoms with Crippen molar-refractivity contribution in [2.75, 3.05) is 11.9 Å². The maximum absolute atomic E-state index is 12.4. The zero-order chi connectivity index (χ0) is 20.2. The van der Waals surface area contributed by atoms with E-state index in [1.807, 2.05) is 56.3 Å². The van der Waals surface area contributed by atoms with Crippen molar-refractivity contribution in [3.63, 3.8) is 0 Å². The summed E-state index contributed by atoms with van der Waals surface area (Å²) >= 11 is 0. The lowest BCUT2D eigenvalue weighted by Gasteiger charge is -2.12. The number of nitrogens with zero attached hydrogens (tertiary/aromatic N) is 3. The maximum Gasteiger partial charge on any atom is 0.262 e. The number of benzene rings is 2. The number of rotatable bonds is 5. The van der Waals surface area contributed by atoms with Gasteiger partial charge in [-0.15, -0.1) is 10.2 Å². The highest BCUT2D eigenvalue weighted by Crippen LogP contribution is 2.26. The van der Waals surface area contributed by atoms with Crippen LogP contribution in [0.2, 0.25) is 0 Å². The van der Waals surface area contributed by atoms with E-state index in [4.69, 9.17) is 4.74 Å². The summed E-state index contributed by atoms with van der Waals surface area (Å²) in [5.74, 6) is 2.39. The van der Waals surface area contributed by atoms with E-state index in [2.05, 4.69) is 20.1 Å². The molecule has 1 amide bonds. The monoisotopic (exact) mass is 390 g/mol. The molecule has 2 aromatic carbocycles. The summed E-state index contributed by atoms with van der Waals surface area (Å²) < 4.78 is 7.97. The van der Waals surface area contributed by atoms with Gasteiger partial charge in [-0.25, -0.2) is 0 Å². The average Bonchev–Trinajstić information content (AvgIpc) is 2.98. The van der Waals surface area contributed by atoms with Gasteiger partial charge in [0.2, 0.25) is 0 Å². The van der Waals surface area contributed by atoms with Crippen molar-refractivity contribution in [3.05, 3.63) is 59.4 Å². The Labute approximate surface area is 170 Å². The standard InChI is InChI=1S/C23H26N4O2/c1-16-8-6-9-17(2)22(16)24-21(28)15-29-19-11-7-10-18(14-19)23-26-25-20-12-4-3-5-13-27(20)23/h6-11,14H,3-5,12-13,15H2,1-2H3,(H,24,28). The van der Waals surface area contributed by atoms with E-state index in [1.54, 1.807) is 0 Å². The number of hydrogen-bond acceptors (Lipinski definition) is 4. The Balaban J connectivity index is 1.45. The molecule has 1 aliphatic heterocycles. The first-order valence-electron chi connectivity index (χ1n) is 10.1. The Hall–Kier alpha value is -3.15. The van der Waals surface area contributed by atoms with E-state index in [-0.39, 0.29) is 12.5 Å². The van der Waals surface area contributed by atoms with Crippen molar-refractivity contribution in [2.45, 2.75) is 46.1 Å². The topological polar surface area (TPSA) is 69.0 Å². The molecule has 0 saturated heterocycles. The molecule has 0 fully saturated rings. The average molecular weight is 390 g/mol. The minimum Gasteiger partial charge on any atom is -0.484 e. The predicted molar refractivity (Wildman–Crippen MR) is 113 cm³/mol. The van der Waals surface area contributed by atoms with Crippen LogP contribution in [0.3, 0.4) is 0 Å². The third kappa shape index (κ3) is 4.31. The Kier molecular flexibility index (Phi) is 5.60. The van der Waals surface area contributed by atoms with E-state index in [1.165, 1.54) is 6.42 Å². The summed E-state index contributed by atoms with van der Waals surface area (Å²) in [7, 11) is 0. The van der Waals surface area contributed by atoms with Crippen LogP contribution in [0, 0.1) is 13.8 Å². The van der Waals surface area contributed by atoms with Gasteiger partial charge in [0.15, 0.2) is 12.4 Å². The molecule has 0 unspecified atom stereocenters. The molecule has 1 N–H and O–H groups in total. The van der Waals surface area contributed by atoms with Crippen molar-refractivity contribution in [3.8, 4) is 17.1 Å². The number of ether oxygens (including phenoxy) is 1. The number of carbonyl (C=O) groups excluding carboxylic acids is 1. The Morgan fingerprint density at radius 1 is 1.07 bits per heavy atom. The number of para-hydroxylation sites is 1. The highest BCUT2D eigenvalue weighted by atomic mass is 16.5. The highest BCUT2D eigenvalue weighted by Gasteiger charge is 2.16. The van der Waals surface area contributed by atoms with E-state index in [9.17, 15) is 4.79 Å². The van der Waals surface area contributed by atoms with Crippen LogP contribution in [0.25, 0.3) is 11.4 Å². The first kappa shape index (κ1) is 19.2. The van der Waals surface area contributed by atoms with Gasteiger partial charge in [0.1, 0.15) is 11.6 Å². The van der Waals surface area contributed by atoms with Crippen molar-refractivity contribution in [1.29, 1.82) is 0 Å². The molecule has 0 aliphatic carbocycles. The summed E-state index contributed by atoms with van der Waals surface area (Å²) in [6.07, 6.45) is 4.51. The second kappa shape index (κ2) is 8.47. The Morgan fingerprint density at radius 3 is 2.69 bits per heavy atom. The highest BCUT2D eigenvalue weighted by molar-refractivity contribution is 5.93. The number of fused-ring (bicyclic) bond motifs is 1. The van der Waals surface area contributed by atoms with Crippen LogP contribution in [0.15, 0.2) is 42.5 Å². The summed E-state index contributed by atoms with van der Waals surface area (Å²) in [6.45, 7) is 4.86. The zero-order valence-electron chi connectivity index (χ0n) is 16.9. The molecular formula is C23H26N4O2. The van der Waals surface area contributed by atoms with Crippen molar-refractivity contribution >= 4 is 11.6 Å². The first-order chi connectivity index (χ1) is 14.1. The van der Waals surface area contributed by atoms with Gasteiger partial charge in [-0.3, -0.25) is 4.79 Å². The SMILES string of the molecule is Cc1cccc(C)c1NC(=O)COc1cccc(-c2nnc3n2CCCCC3)c1. The molecule has 150 valence electrons. The fraction of sp³-hybridized carbons (Fsp3) is 0.348. The largest absolute Gasteiger partial charge is 0.484 e. The smallest absolute Gasteiger partial charge is 0.262 e. The van der Waals surface area contributed by atoms with Crippen molar-refractivity contribution < 1.29 is 9.53 Å². The van der Waals surface area contributed by atoms with Gasteiger partial charge in [-0.2, -0.15) is 0 Å². The van der Waals surface area contributed by atoms with Gasteiger partial charge in [0.25, 0.3) is 5.91 Å². The first-order valence-corrected chi connectivity index (χ1v) is 10.1. The number of hydrogen-bond donors (Lipinski definition) is 1. The number of aromatic nitrogens is 3. The van der Waals surface area contributed by atoms with Crippen LogP contribution in [0.4, 0.5) is 5.69 Å². The van der Waals surface area contributed by atoms with Gasteiger partial charge < -0.3 is 14.6 Å². The Bertz CT molecular complexity index is 1010. The molecule has 6 nitrogen and oxygen atoms in total. The number of carbonyl (C=O) groups is 1. The fourth-order valence-electron chi connectivity index (χ4n) is 3.76. The van der Waals surface area contributed by atoms with Crippen LogP contribution in [-0.2, 0) is 17.8 Å². The lowest BCUT2D eigenvalue weighted by Crippen LogP contribution is -2.21. The number of anilines is 1. The molecule has 4 rings (SSSR count). The van der Waals surface area contributed by atoms with Gasteiger partial charge in [0, 0.05) is 24.2 Å². The molecule has 3 aromatic rings. The number of aryl methyl sites for hydroxylation is 3. The van der Waals surface area contributed by atoms with Crippen LogP contribution < -0.4 is 10.1 Å². The van der Waals surface area contributed by atoms with Gasteiger partial charge >= 0.3 is 0 Å². The quantitative estimate of drug-likeness (QED) is 0.705. The Morgan fingerprint density at radius 2 is 1.86 bits per heavy atom. The van der Waals surface area contributed by atoms with E-state index in [0.717, 1.165) is 59.8 Å². The fourth-order valence-corrected chi connectivity index (χ4v) is 3.76. The molecule has 0 radical (unpaired) electrons.